The Morgan fingerprint density at radius 1 is 1.41 bits per heavy atom. The van der Waals surface area contributed by atoms with E-state index in [0.29, 0.717) is 11.3 Å². The first-order valence-electron chi connectivity index (χ1n) is 6.12. The summed E-state index contributed by atoms with van der Waals surface area (Å²) in [5.74, 6) is 1.68. The van der Waals surface area contributed by atoms with Gasteiger partial charge in [0.1, 0.15) is 5.76 Å². The molecular formula is C14H24BrNO. The molecule has 0 bridgehead atoms. The molecule has 1 atom stereocenters. The first-order valence-corrected chi connectivity index (χ1v) is 7.24. The molecule has 98 valence electrons. The number of hydrogen-bond donors (Lipinski definition) is 0. The summed E-state index contributed by atoms with van der Waals surface area (Å²) in [4.78, 5) is 2.37. The van der Waals surface area contributed by atoms with Gasteiger partial charge in [0.2, 0.25) is 0 Å². The van der Waals surface area contributed by atoms with Crippen LogP contribution in [0.5, 0.6) is 0 Å². The van der Waals surface area contributed by atoms with E-state index >= 15 is 0 Å². The Kier molecular flexibility index (Phi) is 5.26. The van der Waals surface area contributed by atoms with Gasteiger partial charge in [-0.1, -0.05) is 36.7 Å². The fourth-order valence-electron chi connectivity index (χ4n) is 1.86. The molecule has 0 fully saturated rings. The van der Waals surface area contributed by atoms with Gasteiger partial charge in [-0.15, -0.1) is 0 Å². The van der Waals surface area contributed by atoms with E-state index in [1.165, 1.54) is 5.56 Å². The maximum Gasteiger partial charge on any atom is 0.105 e. The number of aryl methyl sites for hydroxylation is 1. The van der Waals surface area contributed by atoms with Crippen LogP contribution >= 0.6 is 15.9 Å². The molecule has 0 saturated carbocycles. The lowest BCUT2D eigenvalue weighted by Crippen LogP contribution is -2.34. The van der Waals surface area contributed by atoms with Crippen molar-refractivity contribution in [1.82, 2.24) is 4.90 Å². The standard InChI is InChI=1S/C14H24BrNO/c1-11-12(6-7-17-11)9-16(5)10-13(8-15)14(2,3)4/h6-7,13H,8-10H2,1-5H3. The highest BCUT2D eigenvalue weighted by Gasteiger charge is 2.24. The van der Waals surface area contributed by atoms with Gasteiger partial charge in [0.05, 0.1) is 6.26 Å². The van der Waals surface area contributed by atoms with E-state index in [2.05, 4.69) is 54.7 Å². The quantitative estimate of drug-likeness (QED) is 0.762. The van der Waals surface area contributed by atoms with Crippen LogP contribution in [0, 0.1) is 18.3 Å². The molecule has 0 N–H and O–H groups in total. The maximum absolute atomic E-state index is 5.33. The van der Waals surface area contributed by atoms with E-state index in [1.807, 2.05) is 6.92 Å². The van der Waals surface area contributed by atoms with Crippen molar-refractivity contribution in [3.8, 4) is 0 Å². The van der Waals surface area contributed by atoms with Crippen LogP contribution in [0.25, 0.3) is 0 Å². The van der Waals surface area contributed by atoms with Crippen LogP contribution in [0.3, 0.4) is 0 Å². The molecule has 0 aliphatic rings. The van der Waals surface area contributed by atoms with Crippen LogP contribution in [0.4, 0.5) is 0 Å². The average Bonchev–Trinajstić information content (AvgIpc) is 2.59. The summed E-state index contributed by atoms with van der Waals surface area (Å²) in [6.45, 7) is 11.0. The van der Waals surface area contributed by atoms with Gasteiger partial charge < -0.3 is 9.32 Å². The Labute approximate surface area is 114 Å². The molecule has 0 amide bonds. The van der Waals surface area contributed by atoms with E-state index in [0.717, 1.165) is 24.2 Å². The van der Waals surface area contributed by atoms with Gasteiger partial charge in [-0.3, -0.25) is 0 Å². The normalized spacial score (nSPS) is 14.3. The zero-order chi connectivity index (χ0) is 13.1. The first kappa shape index (κ1) is 14.8. The molecule has 0 aliphatic carbocycles. The van der Waals surface area contributed by atoms with Crippen LogP contribution in [0.15, 0.2) is 16.7 Å². The van der Waals surface area contributed by atoms with Crippen molar-refractivity contribution >= 4 is 15.9 Å². The van der Waals surface area contributed by atoms with Crippen LogP contribution in [0.2, 0.25) is 0 Å². The monoisotopic (exact) mass is 301 g/mol. The summed E-state index contributed by atoms with van der Waals surface area (Å²) in [6, 6.07) is 2.06. The highest BCUT2D eigenvalue weighted by molar-refractivity contribution is 9.09. The Morgan fingerprint density at radius 2 is 2.06 bits per heavy atom. The molecular weight excluding hydrogens is 278 g/mol. The summed E-state index contributed by atoms with van der Waals surface area (Å²) >= 11 is 3.63. The van der Waals surface area contributed by atoms with Crippen LogP contribution < -0.4 is 0 Å². The average molecular weight is 302 g/mol. The van der Waals surface area contributed by atoms with Crippen molar-refractivity contribution in [3.05, 3.63) is 23.7 Å². The molecule has 0 saturated heterocycles. The van der Waals surface area contributed by atoms with E-state index in [-0.39, 0.29) is 0 Å². The molecule has 17 heavy (non-hydrogen) atoms. The van der Waals surface area contributed by atoms with Gasteiger partial charge in [-0.25, -0.2) is 0 Å². The molecule has 1 heterocycles. The fourth-order valence-corrected chi connectivity index (χ4v) is 3.04. The Bertz CT molecular complexity index is 340. The zero-order valence-corrected chi connectivity index (χ0v) is 13.2. The number of rotatable bonds is 5. The summed E-state index contributed by atoms with van der Waals surface area (Å²) in [6.07, 6.45) is 1.77. The molecule has 1 aromatic heterocycles. The Hall–Kier alpha value is -0.280. The molecule has 2 nitrogen and oxygen atoms in total. The minimum atomic E-state index is 0.337. The number of hydrogen-bond acceptors (Lipinski definition) is 2. The molecule has 1 rings (SSSR count). The van der Waals surface area contributed by atoms with E-state index in [9.17, 15) is 0 Å². The predicted molar refractivity (Wildman–Crippen MR) is 76.5 cm³/mol. The van der Waals surface area contributed by atoms with Crippen molar-refractivity contribution in [2.45, 2.75) is 34.2 Å². The minimum absolute atomic E-state index is 0.337. The van der Waals surface area contributed by atoms with Gasteiger partial charge in [0.15, 0.2) is 0 Å². The summed E-state index contributed by atoms with van der Waals surface area (Å²) in [5, 5.41) is 1.05. The van der Waals surface area contributed by atoms with Crippen LogP contribution in [-0.4, -0.2) is 23.8 Å². The van der Waals surface area contributed by atoms with Crippen molar-refractivity contribution in [2.75, 3.05) is 18.9 Å². The van der Waals surface area contributed by atoms with Gasteiger partial charge >= 0.3 is 0 Å². The fraction of sp³-hybridized carbons (Fsp3) is 0.714. The van der Waals surface area contributed by atoms with E-state index in [1.54, 1.807) is 6.26 Å². The maximum atomic E-state index is 5.33. The number of nitrogens with zero attached hydrogens (tertiary/aromatic N) is 1. The van der Waals surface area contributed by atoms with Gasteiger partial charge in [0.25, 0.3) is 0 Å². The van der Waals surface area contributed by atoms with Crippen molar-refractivity contribution in [3.63, 3.8) is 0 Å². The number of alkyl halides is 1. The predicted octanol–water partition coefficient (Wildman–Crippen LogP) is 4.08. The third-order valence-electron chi connectivity index (χ3n) is 3.35. The molecule has 1 unspecified atom stereocenters. The van der Waals surface area contributed by atoms with E-state index < -0.39 is 0 Å². The summed E-state index contributed by atoms with van der Waals surface area (Å²) in [7, 11) is 2.17. The molecule has 0 radical (unpaired) electrons. The van der Waals surface area contributed by atoms with Crippen molar-refractivity contribution < 1.29 is 4.42 Å². The van der Waals surface area contributed by atoms with Crippen LogP contribution in [-0.2, 0) is 6.54 Å². The lowest BCUT2D eigenvalue weighted by atomic mass is 9.82. The topological polar surface area (TPSA) is 16.4 Å². The highest BCUT2D eigenvalue weighted by Crippen LogP contribution is 2.28. The number of halogens is 1. The second kappa shape index (κ2) is 6.05. The summed E-state index contributed by atoms with van der Waals surface area (Å²) in [5.41, 5.74) is 1.62. The molecule has 1 aromatic rings. The lowest BCUT2D eigenvalue weighted by Gasteiger charge is -2.32. The molecule has 0 spiro atoms. The first-order chi connectivity index (χ1) is 7.84. The van der Waals surface area contributed by atoms with Gasteiger partial charge in [-0.05, 0) is 31.4 Å². The lowest BCUT2D eigenvalue weighted by molar-refractivity contribution is 0.183. The van der Waals surface area contributed by atoms with Gasteiger partial charge in [0, 0.05) is 24.0 Å². The second-order valence-corrected chi connectivity index (χ2v) is 6.56. The molecule has 0 aliphatic heterocycles. The largest absolute Gasteiger partial charge is 0.469 e. The molecule has 3 heteroatoms. The van der Waals surface area contributed by atoms with E-state index in [4.69, 9.17) is 4.42 Å². The third kappa shape index (κ3) is 4.47. The summed E-state index contributed by atoms with van der Waals surface area (Å²) < 4.78 is 5.33. The zero-order valence-electron chi connectivity index (χ0n) is 11.6. The number of furan rings is 1. The smallest absolute Gasteiger partial charge is 0.105 e. The SMILES string of the molecule is Cc1occc1CN(C)CC(CBr)C(C)(C)C. The minimum Gasteiger partial charge on any atom is -0.469 e. The molecule has 0 aromatic carbocycles. The van der Waals surface area contributed by atoms with Crippen LogP contribution in [0.1, 0.15) is 32.1 Å². The second-order valence-electron chi connectivity index (χ2n) is 5.92. The highest BCUT2D eigenvalue weighted by atomic mass is 79.9. The van der Waals surface area contributed by atoms with Crippen molar-refractivity contribution in [2.24, 2.45) is 11.3 Å². The van der Waals surface area contributed by atoms with Gasteiger partial charge in [-0.2, -0.15) is 0 Å². The van der Waals surface area contributed by atoms with Crippen molar-refractivity contribution in [1.29, 1.82) is 0 Å². The Balaban J connectivity index is 2.54. The Morgan fingerprint density at radius 3 is 2.47 bits per heavy atom. The third-order valence-corrected chi connectivity index (χ3v) is 4.13.